The Morgan fingerprint density at radius 3 is 2.74 bits per heavy atom. The van der Waals surface area contributed by atoms with Crippen molar-refractivity contribution in [3.63, 3.8) is 0 Å². The third kappa shape index (κ3) is 3.30. The predicted molar refractivity (Wildman–Crippen MR) is 89.7 cm³/mol. The number of hydrogen-bond acceptors (Lipinski definition) is 3. The lowest BCUT2D eigenvalue weighted by Crippen LogP contribution is -2.35. The molecule has 23 heavy (non-hydrogen) atoms. The highest BCUT2D eigenvalue weighted by Crippen LogP contribution is 2.35. The molecule has 0 aliphatic carbocycles. The van der Waals surface area contributed by atoms with Crippen molar-refractivity contribution < 1.29 is 9.53 Å². The molecule has 128 valence electrons. The molecule has 5 nitrogen and oxygen atoms in total. The van der Waals surface area contributed by atoms with Gasteiger partial charge in [-0.3, -0.25) is 9.48 Å². The Hall–Kier alpha value is -1.36. The van der Waals surface area contributed by atoms with E-state index in [0.717, 1.165) is 69.7 Å². The van der Waals surface area contributed by atoms with Gasteiger partial charge >= 0.3 is 0 Å². The van der Waals surface area contributed by atoms with Crippen LogP contribution in [0, 0.1) is 0 Å². The first-order valence-electron chi connectivity index (χ1n) is 9.05. The highest BCUT2D eigenvalue weighted by atomic mass is 16.5. The lowest BCUT2D eigenvalue weighted by Gasteiger charge is -2.27. The summed E-state index contributed by atoms with van der Waals surface area (Å²) in [5.41, 5.74) is 1.78. The van der Waals surface area contributed by atoms with Gasteiger partial charge in [-0.25, -0.2) is 0 Å². The Kier molecular flexibility index (Phi) is 4.76. The number of hydrogen-bond donors (Lipinski definition) is 0. The van der Waals surface area contributed by atoms with Crippen molar-refractivity contribution in [2.45, 2.75) is 70.9 Å². The standard InChI is InChI=1S/C18H29N3O2/c1-4-21-16(13-15(19-21)14(2)3)17(22)20-10-5-7-18(9-11-20)8-6-12-23-18/h13-14H,4-12H2,1-3H3. The molecule has 1 atom stereocenters. The number of aryl methyl sites for hydroxylation is 1. The van der Waals surface area contributed by atoms with Crippen LogP contribution in [-0.4, -0.2) is 45.9 Å². The van der Waals surface area contributed by atoms with Crippen molar-refractivity contribution in [3.05, 3.63) is 17.5 Å². The van der Waals surface area contributed by atoms with Crippen LogP contribution in [0.2, 0.25) is 0 Å². The lowest BCUT2D eigenvalue weighted by molar-refractivity contribution is -0.00694. The van der Waals surface area contributed by atoms with Crippen molar-refractivity contribution in [1.29, 1.82) is 0 Å². The molecule has 5 heteroatoms. The largest absolute Gasteiger partial charge is 0.375 e. The van der Waals surface area contributed by atoms with E-state index in [1.54, 1.807) is 0 Å². The van der Waals surface area contributed by atoms with Gasteiger partial charge in [0.1, 0.15) is 5.69 Å². The highest BCUT2D eigenvalue weighted by molar-refractivity contribution is 5.92. The summed E-state index contributed by atoms with van der Waals surface area (Å²) in [6.45, 7) is 9.51. The van der Waals surface area contributed by atoms with E-state index in [1.165, 1.54) is 0 Å². The fourth-order valence-electron chi connectivity index (χ4n) is 3.81. The van der Waals surface area contributed by atoms with Gasteiger partial charge in [0.25, 0.3) is 5.91 Å². The number of carbonyl (C=O) groups excluding carboxylic acids is 1. The van der Waals surface area contributed by atoms with Crippen LogP contribution >= 0.6 is 0 Å². The van der Waals surface area contributed by atoms with Gasteiger partial charge in [-0.05, 0) is 51.0 Å². The minimum absolute atomic E-state index is 0.0448. The summed E-state index contributed by atoms with van der Waals surface area (Å²) in [4.78, 5) is 15.0. The molecule has 2 aliphatic heterocycles. The summed E-state index contributed by atoms with van der Waals surface area (Å²) in [7, 11) is 0. The third-order valence-corrected chi connectivity index (χ3v) is 5.28. The number of aromatic nitrogens is 2. The molecule has 1 aromatic rings. The van der Waals surface area contributed by atoms with Crippen LogP contribution < -0.4 is 0 Å². The molecule has 1 spiro atoms. The Balaban J connectivity index is 1.75. The third-order valence-electron chi connectivity index (χ3n) is 5.28. The molecule has 1 aromatic heterocycles. The zero-order valence-corrected chi connectivity index (χ0v) is 14.7. The molecule has 2 fully saturated rings. The van der Waals surface area contributed by atoms with Crippen molar-refractivity contribution in [2.75, 3.05) is 19.7 Å². The quantitative estimate of drug-likeness (QED) is 0.859. The lowest BCUT2D eigenvalue weighted by atomic mass is 9.92. The minimum atomic E-state index is 0.0448. The molecule has 3 heterocycles. The Labute approximate surface area is 139 Å². The van der Waals surface area contributed by atoms with Crippen molar-refractivity contribution in [3.8, 4) is 0 Å². The fraction of sp³-hybridized carbons (Fsp3) is 0.778. The average molecular weight is 319 g/mol. The van der Waals surface area contributed by atoms with Gasteiger partial charge in [0.05, 0.1) is 11.3 Å². The van der Waals surface area contributed by atoms with Gasteiger partial charge in [-0.1, -0.05) is 13.8 Å². The van der Waals surface area contributed by atoms with Gasteiger partial charge in [0, 0.05) is 26.2 Å². The monoisotopic (exact) mass is 319 g/mol. The molecule has 0 bridgehead atoms. The van der Waals surface area contributed by atoms with Gasteiger partial charge in [0.15, 0.2) is 0 Å². The van der Waals surface area contributed by atoms with Crippen molar-refractivity contribution >= 4 is 5.91 Å². The number of nitrogens with zero attached hydrogens (tertiary/aromatic N) is 3. The zero-order chi connectivity index (χ0) is 16.4. The summed E-state index contributed by atoms with van der Waals surface area (Å²) in [5, 5.41) is 4.58. The smallest absolute Gasteiger partial charge is 0.272 e. The van der Waals surface area contributed by atoms with Crippen molar-refractivity contribution in [1.82, 2.24) is 14.7 Å². The van der Waals surface area contributed by atoms with E-state index < -0.39 is 0 Å². The molecule has 1 amide bonds. The summed E-state index contributed by atoms with van der Waals surface area (Å²) in [6.07, 6.45) is 5.40. The molecule has 0 N–H and O–H groups in total. The average Bonchev–Trinajstić information content (AvgIpc) is 3.11. The number of likely N-dealkylation sites (tertiary alicyclic amines) is 1. The first-order chi connectivity index (χ1) is 11.0. The Bertz CT molecular complexity index is 559. The maximum absolute atomic E-state index is 13.0. The van der Waals surface area contributed by atoms with Gasteiger partial charge in [0.2, 0.25) is 0 Å². The maximum atomic E-state index is 13.0. The van der Waals surface area contributed by atoms with E-state index in [1.807, 2.05) is 22.6 Å². The van der Waals surface area contributed by atoms with Crippen LogP contribution in [0.3, 0.4) is 0 Å². The number of amides is 1. The zero-order valence-electron chi connectivity index (χ0n) is 14.7. The molecule has 3 rings (SSSR count). The first-order valence-corrected chi connectivity index (χ1v) is 9.05. The predicted octanol–water partition coefficient (Wildman–Crippen LogP) is 3.20. The van der Waals surface area contributed by atoms with E-state index >= 15 is 0 Å². The van der Waals surface area contributed by atoms with Gasteiger partial charge in [-0.2, -0.15) is 5.10 Å². The topological polar surface area (TPSA) is 47.4 Å². The number of ether oxygens (including phenoxy) is 1. The second-order valence-corrected chi connectivity index (χ2v) is 7.21. The van der Waals surface area contributed by atoms with E-state index in [-0.39, 0.29) is 11.5 Å². The summed E-state index contributed by atoms with van der Waals surface area (Å²) < 4.78 is 7.87. The number of rotatable bonds is 3. The van der Waals surface area contributed by atoms with Crippen LogP contribution in [0.25, 0.3) is 0 Å². The Morgan fingerprint density at radius 1 is 1.30 bits per heavy atom. The van der Waals surface area contributed by atoms with Gasteiger partial charge < -0.3 is 9.64 Å². The molecule has 2 saturated heterocycles. The van der Waals surface area contributed by atoms with Crippen LogP contribution in [0.15, 0.2) is 6.07 Å². The van der Waals surface area contributed by atoms with Crippen LogP contribution in [0.1, 0.15) is 75.0 Å². The van der Waals surface area contributed by atoms with E-state index in [4.69, 9.17) is 4.74 Å². The molecule has 0 aromatic carbocycles. The van der Waals surface area contributed by atoms with E-state index in [2.05, 4.69) is 18.9 Å². The second-order valence-electron chi connectivity index (χ2n) is 7.21. The van der Waals surface area contributed by atoms with E-state index in [0.29, 0.717) is 5.92 Å². The second kappa shape index (κ2) is 6.63. The molecule has 1 unspecified atom stereocenters. The summed E-state index contributed by atoms with van der Waals surface area (Å²) >= 11 is 0. The minimum Gasteiger partial charge on any atom is -0.375 e. The SMILES string of the molecule is CCn1nc(C(C)C)cc1C(=O)N1CCCC2(CCCO2)CC1. The summed E-state index contributed by atoms with van der Waals surface area (Å²) in [5.74, 6) is 0.468. The molecule has 0 radical (unpaired) electrons. The normalized spacial score (nSPS) is 25.3. The molecular weight excluding hydrogens is 290 g/mol. The van der Waals surface area contributed by atoms with Crippen molar-refractivity contribution in [2.24, 2.45) is 0 Å². The molecule has 2 aliphatic rings. The highest BCUT2D eigenvalue weighted by Gasteiger charge is 2.37. The van der Waals surface area contributed by atoms with Crippen LogP contribution in [0.5, 0.6) is 0 Å². The van der Waals surface area contributed by atoms with Gasteiger partial charge in [-0.15, -0.1) is 0 Å². The molecular formula is C18H29N3O2. The van der Waals surface area contributed by atoms with Crippen LogP contribution in [0.4, 0.5) is 0 Å². The first kappa shape index (κ1) is 16.5. The molecule has 0 saturated carbocycles. The fourth-order valence-corrected chi connectivity index (χ4v) is 3.81. The Morgan fingerprint density at radius 2 is 2.09 bits per heavy atom. The summed E-state index contributed by atoms with van der Waals surface area (Å²) in [6, 6.07) is 1.98. The maximum Gasteiger partial charge on any atom is 0.272 e. The van der Waals surface area contributed by atoms with Crippen LogP contribution in [-0.2, 0) is 11.3 Å². The number of carbonyl (C=O) groups is 1. The van der Waals surface area contributed by atoms with E-state index in [9.17, 15) is 4.79 Å².